The third-order valence-electron chi connectivity index (χ3n) is 10.6. The molecular formula is C28H52O2. The van der Waals surface area contributed by atoms with Gasteiger partial charge >= 0.3 is 0 Å². The molecule has 3 rings (SSSR count). The molecule has 0 aromatic heterocycles. The van der Waals surface area contributed by atoms with Gasteiger partial charge in [0.1, 0.15) is 0 Å². The lowest BCUT2D eigenvalue weighted by Gasteiger charge is -2.51. The number of hydrogen-bond acceptors (Lipinski definition) is 2. The number of fused-ring (bicyclic) bond motifs is 3. The Morgan fingerprint density at radius 1 is 1.00 bits per heavy atom. The molecule has 0 spiro atoms. The Hall–Kier alpha value is -0.0800. The van der Waals surface area contributed by atoms with Gasteiger partial charge < -0.3 is 9.84 Å². The standard InChI is InChI=1S/C28H52O2/c1-8-15-27(6)25-14-16-26(5)23(21(4)11-9-10-20(2)3)12-13-24(26)22(25)19-28(27,7)30-18-17-29/h20-25,29H,8-19H2,1-7H3/t21-,22+,23-,24+,25+,26-,27-,28?/m1/s1. The fraction of sp³-hybridized carbons (Fsp3) is 1.00. The Labute approximate surface area is 187 Å². The number of ether oxygens (including phenoxy) is 1. The minimum Gasteiger partial charge on any atom is -0.394 e. The maximum absolute atomic E-state index is 9.47. The van der Waals surface area contributed by atoms with Crippen molar-refractivity contribution in [2.24, 2.45) is 46.3 Å². The Morgan fingerprint density at radius 3 is 2.37 bits per heavy atom. The van der Waals surface area contributed by atoms with E-state index < -0.39 is 0 Å². The second-order valence-corrected chi connectivity index (χ2v) is 12.6. The third kappa shape index (κ3) is 4.14. The van der Waals surface area contributed by atoms with Crippen molar-refractivity contribution in [3.63, 3.8) is 0 Å². The van der Waals surface area contributed by atoms with E-state index in [1.807, 2.05) is 0 Å². The minimum absolute atomic E-state index is 0.0761. The molecule has 0 aliphatic heterocycles. The van der Waals surface area contributed by atoms with Crippen LogP contribution in [0.15, 0.2) is 0 Å². The lowest BCUT2D eigenvalue weighted by molar-refractivity contribution is -0.123. The molecule has 0 saturated heterocycles. The highest BCUT2D eigenvalue weighted by Crippen LogP contribution is 2.70. The van der Waals surface area contributed by atoms with Crippen molar-refractivity contribution in [3.05, 3.63) is 0 Å². The van der Waals surface area contributed by atoms with Crippen LogP contribution >= 0.6 is 0 Å². The van der Waals surface area contributed by atoms with E-state index in [2.05, 4.69) is 48.5 Å². The maximum Gasteiger partial charge on any atom is 0.0714 e. The van der Waals surface area contributed by atoms with Crippen molar-refractivity contribution in [2.45, 2.75) is 118 Å². The zero-order valence-electron chi connectivity index (χ0n) is 21.3. The highest BCUT2D eigenvalue weighted by atomic mass is 16.5. The molecule has 1 N–H and O–H groups in total. The molecular weight excluding hydrogens is 368 g/mol. The van der Waals surface area contributed by atoms with Gasteiger partial charge in [0.15, 0.2) is 0 Å². The van der Waals surface area contributed by atoms with Gasteiger partial charge in [0, 0.05) is 0 Å². The van der Waals surface area contributed by atoms with E-state index in [0.717, 1.165) is 35.5 Å². The fourth-order valence-electron chi connectivity index (χ4n) is 8.93. The van der Waals surface area contributed by atoms with Crippen LogP contribution in [0.3, 0.4) is 0 Å². The van der Waals surface area contributed by atoms with E-state index in [1.54, 1.807) is 0 Å². The minimum atomic E-state index is -0.0761. The van der Waals surface area contributed by atoms with Crippen LogP contribution in [0, 0.1) is 46.3 Å². The zero-order valence-corrected chi connectivity index (χ0v) is 21.3. The van der Waals surface area contributed by atoms with Crippen molar-refractivity contribution >= 4 is 0 Å². The molecule has 3 aliphatic carbocycles. The summed E-state index contributed by atoms with van der Waals surface area (Å²) >= 11 is 0. The average molecular weight is 421 g/mol. The van der Waals surface area contributed by atoms with Crippen molar-refractivity contribution in [2.75, 3.05) is 13.2 Å². The van der Waals surface area contributed by atoms with E-state index in [4.69, 9.17) is 4.74 Å². The molecule has 3 fully saturated rings. The first-order valence-electron chi connectivity index (χ1n) is 13.4. The molecule has 0 radical (unpaired) electrons. The largest absolute Gasteiger partial charge is 0.394 e. The molecule has 0 amide bonds. The predicted octanol–water partition coefficient (Wildman–Crippen LogP) is 7.49. The summed E-state index contributed by atoms with van der Waals surface area (Å²) in [5.74, 6) is 5.12. The van der Waals surface area contributed by atoms with Gasteiger partial charge in [-0.05, 0) is 91.8 Å². The summed E-state index contributed by atoms with van der Waals surface area (Å²) in [6, 6.07) is 0. The smallest absolute Gasteiger partial charge is 0.0714 e. The van der Waals surface area contributed by atoms with E-state index in [9.17, 15) is 5.11 Å². The molecule has 0 bridgehead atoms. The van der Waals surface area contributed by atoms with E-state index in [0.29, 0.717) is 12.0 Å². The lowest BCUT2D eigenvalue weighted by atomic mass is 9.54. The Kier molecular flexibility index (Phi) is 7.71. The van der Waals surface area contributed by atoms with Gasteiger partial charge in [-0.2, -0.15) is 0 Å². The first-order chi connectivity index (χ1) is 14.1. The number of aliphatic hydroxyl groups excluding tert-OH is 1. The summed E-state index contributed by atoms with van der Waals surface area (Å²) < 4.78 is 6.48. The molecule has 2 heteroatoms. The van der Waals surface area contributed by atoms with E-state index in [1.165, 1.54) is 64.2 Å². The second-order valence-electron chi connectivity index (χ2n) is 12.6. The van der Waals surface area contributed by atoms with Crippen LogP contribution in [0.4, 0.5) is 0 Å². The quantitative estimate of drug-likeness (QED) is 0.397. The Bertz CT molecular complexity index is 559. The van der Waals surface area contributed by atoms with Crippen molar-refractivity contribution in [1.29, 1.82) is 0 Å². The molecule has 0 heterocycles. The molecule has 8 atom stereocenters. The number of hydrogen-bond donors (Lipinski definition) is 1. The predicted molar refractivity (Wildman–Crippen MR) is 127 cm³/mol. The van der Waals surface area contributed by atoms with Crippen LogP contribution in [-0.4, -0.2) is 23.9 Å². The van der Waals surface area contributed by atoms with Crippen LogP contribution in [0.2, 0.25) is 0 Å². The Morgan fingerprint density at radius 2 is 1.73 bits per heavy atom. The molecule has 3 aliphatic rings. The van der Waals surface area contributed by atoms with Crippen molar-refractivity contribution in [3.8, 4) is 0 Å². The third-order valence-corrected chi connectivity index (χ3v) is 10.6. The molecule has 1 unspecified atom stereocenters. The van der Waals surface area contributed by atoms with Crippen LogP contribution in [0.25, 0.3) is 0 Å². The number of aliphatic hydroxyl groups is 1. The Balaban J connectivity index is 1.78. The second kappa shape index (κ2) is 9.42. The topological polar surface area (TPSA) is 29.5 Å². The highest BCUT2D eigenvalue weighted by Gasteiger charge is 2.66. The van der Waals surface area contributed by atoms with Gasteiger partial charge in [-0.15, -0.1) is 0 Å². The molecule has 0 aromatic rings. The molecule has 2 nitrogen and oxygen atoms in total. The highest BCUT2D eigenvalue weighted by molar-refractivity contribution is 5.15. The van der Waals surface area contributed by atoms with Gasteiger partial charge in [-0.3, -0.25) is 0 Å². The fourth-order valence-corrected chi connectivity index (χ4v) is 8.93. The van der Waals surface area contributed by atoms with Gasteiger partial charge in [-0.25, -0.2) is 0 Å². The van der Waals surface area contributed by atoms with Crippen LogP contribution < -0.4 is 0 Å². The van der Waals surface area contributed by atoms with Crippen molar-refractivity contribution < 1.29 is 9.84 Å². The van der Waals surface area contributed by atoms with Gasteiger partial charge in [0.2, 0.25) is 0 Å². The normalized spacial score (nSPS) is 44.3. The maximum atomic E-state index is 9.47. The first kappa shape index (κ1) is 24.6. The summed E-state index contributed by atoms with van der Waals surface area (Å²) in [6.45, 7) is 17.8. The van der Waals surface area contributed by atoms with Crippen LogP contribution in [0.1, 0.15) is 113 Å². The van der Waals surface area contributed by atoms with Gasteiger partial charge in [0.05, 0.1) is 18.8 Å². The van der Waals surface area contributed by atoms with Gasteiger partial charge in [0.25, 0.3) is 0 Å². The molecule has 176 valence electrons. The molecule has 0 aromatic carbocycles. The summed E-state index contributed by atoms with van der Waals surface area (Å²) in [4.78, 5) is 0. The van der Waals surface area contributed by atoms with E-state index in [-0.39, 0.29) is 17.6 Å². The van der Waals surface area contributed by atoms with Crippen LogP contribution in [0.5, 0.6) is 0 Å². The SMILES string of the molecule is CCC[C@]1(C)[C@H]2CC[C@]3(C)[C@@H]([C@H](C)CCCC(C)C)CC[C@H]3[C@@H]2CC1(C)OCCO. The van der Waals surface area contributed by atoms with Crippen LogP contribution in [-0.2, 0) is 4.74 Å². The summed E-state index contributed by atoms with van der Waals surface area (Å²) in [5, 5.41) is 9.47. The summed E-state index contributed by atoms with van der Waals surface area (Å²) in [7, 11) is 0. The molecule has 3 saturated carbocycles. The lowest BCUT2D eigenvalue weighted by Crippen LogP contribution is -2.47. The van der Waals surface area contributed by atoms with Crippen molar-refractivity contribution in [1.82, 2.24) is 0 Å². The molecule has 30 heavy (non-hydrogen) atoms. The monoisotopic (exact) mass is 420 g/mol. The van der Waals surface area contributed by atoms with Gasteiger partial charge in [-0.1, -0.05) is 67.2 Å². The van der Waals surface area contributed by atoms with E-state index >= 15 is 0 Å². The zero-order chi connectivity index (χ0) is 22.2. The number of rotatable bonds is 10. The first-order valence-corrected chi connectivity index (χ1v) is 13.4. The average Bonchev–Trinajstić information content (AvgIpc) is 3.13. The summed E-state index contributed by atoms with van der Waals surface area (Å²) in [6.07, 6.45) is 13.6. The summed E-state index contributed by atoms with van der Waals surface area (Å²) in [5.41, 5.74) is 0.713.